The van der Waals surface area contributed by atoms with Crippen molar-refractivity contribution >= 4 is 44.6 Å². The van der Waals surface area contributed by atoms with Crippen LogP contribution >= 0.6 is 23.2 Å². The summed E-state index contributed by atoms with van der Waals surface area (Å²) in [6.45, 7) is 3.34. The van der Waals surface area contributed by atoms with E-state index in [2.05, 4.69) is 5.16 Å². The van der Waals surface area contributed by atoms with E-state index >= 15 is 0 Å². The van der Waals surface area contributed by atoms with E-state index in [0.717, 1.165) is 0 Å². The van der Waals surface area contributed by atoms with E-state index in [1.807, 2.05) is 0 Å². The fourth-order valence-corrected chi connectivity index (χ4v) is 3.43. The fraction of sp³-hybridized carbons (Fsp3) is 0.278. The highest BCUT2D eigenvalue weighted by Gasteiger charge is 2.46. The standard InChI is InChI=1S/C18H17Cl2F3N2O3S/c1-3-16(24-28-10-13-14(19)5-4-6-15(13)20)12-9-11(2)7-8-17(12)25-29(26,27)18(21,22)23/h4-9,25H,3,10H2,1-2H3/b24-16+. The minimum Gasteiger partial charge on any atom is -0.391 e. The lowest BCUT2D eigenvalue weighted by Crippen LogP contribution is -2.30. The summed E-state index contributed by atoms with van der Waals surface area (Å²) in [6.07, 6.45) is 0.264. The van der Waals surface area contributed by atoms with Crippen LogP contribution < -0.4 is 4.72 Å². The van der Waals surface area contributed by atoms with Crippen molar-refractivity contribution in [2.75, 3.05) is 4.72 Å². The highest BCUT2D eigenvalue weighted by Crippen LogP contribution is 2.29. The molecular formula is C18H17Cl2F3N2O3S. The van der Waals surface area contributed by atoms with Gasteiger partial charge in [-0.3, -0.25) is 4.72 Å². The van der Waals surface area contributed by atoms with Crippen LogP contribution in [0.1, 0.15) is 30.0 Å². The van der Waals surface area contributed by atoms with Crippen molar-refractivity contribution in [2.45, 2.75) is 32.4 Å². The topological polar surface area (TPSA) is 67.8 Å². The van der Waals surface area contributed by atoms with Gasteiger partial charge in [0.05, 0.1) is 11.4 Å². The summed E-state index contributed by atoms with van der Waals surface area (Å²) in [6, 6.07) is 9.16. The van der Waals surface area contributed by atoms with Gasteiger partial charge < -0.3 is 4.84 Å². The Morgan fingerprint density at radius 3 is 2.34 bits per heavy atom. The zero-order valence-electron chi connectivity index (χ0n) is 15.3. The molecule has 0 amide bonds. The molecule has 29 heavy (non-hydrogen) atoms. The maximum absolute atomic E-state index is 12.7. The van der Waals surface area contributed by atoms with Gasteiger partial charge in [-0.25, -0.2) is 0 Å². The first-order chi connectivity index (χ1) is 13.5. The molecule has 0 saturated carbocycles. The number of nitrogens with one attached hydrogen (secondary N) is 1. The van der Waals surface area contributed by atoms with Gasteiger partial charge in [0, 0.05) is 21.2 Å². The van der Waals surface area contributed by atoms with Gasteiger partial charge in [-0.1, -0.05) is 53.0 Å². The Labute approximate surface area is 176 Å². The van der Waals surface area contributed by atoms with E-state index < -0.39 is 15.5 Å². The number of benzene rings is 2. The van der Waals surface area contributed by atoms with Crippen LogP contribution in [0.3, 0.4) is 0 Å². The van der Waals surface area contributed by atoms with Crippen molar-refractivity contribution in [3.05, 3.63) is 63.1 Å². The molecule has 0 spiro atoms. The molecule has 5 nitrogen and oxygen atoms in total. The van der Waals surface area contributed by atoms with E-state index in [0.29, 0.717) is 21.2 Å². The first-order valence-corrected chi connectivity index (χ1v) is 10.5. The quantitative estimate of drug-likeness (QED) is 0.406. The van der Waals surface area contributed by atoms with Gasteiger partial charge in [0.1, 0.15) is 6.61 Å². The number of aryl methyl sites for hydroxylation is 1. The van der Waals surface area contributed by atoms with Gasteiger partial charge in [-0.05, 0) is 37.6 Å². The molecule has 0 aliphatic heterocycles. The lowest BCUT2D eigenvalue weighted by atomic mass is 10.0. The molecule has 0 aromatic heterocycles. The molecule has 0 atom stereocenters. The first kappa shape index (κ1) is 23.3. The van der Waals surface area contributed by atoms with Gasteiger partial charge in [0.2, 0.25) is 0 Å². The van der Waals surface area contributed by atoms with Crippen molar-refractivity contribution in [3.8, 4) is 0 Å². The van der Waals surface area contributed by atoms with Crippen LogP contribution in [-0.2, 0) is 21.5 Å². The average molecular weight is 469 g/mol. The van der Waals surface area contributed by atoms with Crippen LogP contribution in [0, 0.1) is 6.92 Å². The zero-order valence-corrected chi connectivity index (χ0v) is 17.7. The van der Waals surface area contributed by atoms with Crippen molar-refractivity contribution in [1.29, 1.82) is 0 Å². The Morgan fingerprint density at radius 2 is 1.79 bits per heavy atom. The average Bonchev–Trinajstić information content (AvgIpc) is 2.61. The summed E-state index contributed by atoms with van der Waals surface area (Å²) in [7, 11) is -5.58. The number of hydrogen-bond acceptors (Lipinski definition) is 4. The summed E-state index contributed by atoms with van der Waals surface area (Å²) >= 11 is 12.1. The van der Waals surface area contributed by atoms with Crippen LogP contribution in [0.15, 0.2) is 41.6 Å². The SMILES string of the molecule is CC/C(=N\OCc1c(Cl)cccc1Cl)c1cc(C)ccc1NS(=O)(=O)C(F)(F)F. The third kappa shape index (κ3) is 5.77. The number of oxime groups is 1. The number of sulfonamides is 1. The zero-order chi connectivity index (χ0) is 21.8. The van der Waals surface area contributed by atoms with E-state index in [9.17, 15) is 21.6 Å². The van der Waals surface area contributed by atoms with Crippen molar-refractivity contribution in [3.63, 3.8) is 0 Å². The van der Waals surface area contributed by atoms with Crippen LogP contribution in [0.25, 0.3) is 0 Å². The molecule has 0 unspecified atom stereocenters. The normalized spacial score (nSPS) is 12.7. The van der Waals surface area contributed by atoms with Gasteiger partial charge >= 0.3 is 15.5 Å². The summed E-state index contributed by atoms with van der Waals surface area (Å²) in [5, 5.41) is 4.72. The summed E-state index contributed by atoms with van der Waals surface area (Å²) in [5.74, 6) is 0. The number of alkyl halides is 3. The number of halogens is 5. The highest BCUT2D eigenvalue weighted by molar-refractivity contribution is 7.93. The molecule has 2 aromatic rings. The summed E-state index contributed by atoms with van der Waals surface area (Å²) < 4.78 is 62.8. The molecule has 0 fully saturated rings. The van der Waals surface area contributed by atoms with Crippen molar-refractivity contribution < 1.29 is 26.4 Å². The first-order valence-electron chi connectivity index (χ1n) is 8.28. The predicted octanol–water partition coefficient (Wildman–Crippen LogP) is 5.89. The predicted molar refractivity (Wildman–Crippen MR) is 108 cm³/mol. The molecule has 1 N–H and O–H groups in total. The lowest BCUT2D eigenvalue weighted by molar-refractivity contribution is -0.0429. The molecule has 0 bridgehead atoms. The second-order valence-electron chi connectivity index (χ2n) is 5.97. The molecular weight excluding hydrogens is 452 g/mol. The summed E-state index contributed by atoms with van der Waals surface area (Å²) in [5.41, 5.74) is -4.09. The molecule has 2 aromatic carbocycles. The number of anilines is 1. The van der Waals surface area contributed by atoms with E-state index in [4.69, 9.17) is 28.0 Å². The molecule has 0 radical (unpaired) electrons. The van der Waals surface area contributed by atoms with Crippen LogP contribution in [-0.4, -0.2) is 19.6 Å². The van der Waals surface area contributed by atoms with Gasteiger partial charge in [-0.15, -0.1) is 0 Å². The minimum absolute atomic E-state index is 0.0720. The maximum atomic E-state index is 12.7. The van der Waals surface area contributed by atoms with Gasteiger partial charge in [0.25, 0.3) is 0 Å². The van der Waals surface area contributed by atoms with Gasteiger partial charge in [-0.2, -0.15) is 21.6 Å². The van der Waals surface area contributed by atoms with E-state index in [-0.39, 0.29) is 30.0 Å². The second-order valence-corrected chi connectivity index (χ2v) is 8.45. The number of nitrogens with zero attached hydrogens (tertiary/aromatic N) is 1. The Balaban J connectivity index is 2.35. The smallest absolute Gasteiger partial charge is 0.391 e. The largest absolute Gasteiger partial charge is 0.516 e. The maximum Gasteiger partial charge on any atom is 0.516 e. The minimum atomic E-state index is -5.58. The fourth-order valence-electron chi connectivity index (χ4n) is 2.34. The molecule has 0 heterocycles. The van der Waals surface area contributed by atoms with Crippen LogP contribution in [0.2, 0.25) is 10.0 Å². The number of rotatable bonds is 7. The lowest BCUT2D eigenvalue weighted by Gasteiger charge is -2.15. The Morgan fingerprint density at radius 1 is 1.17 bits per heavy atom. The van der Waals surface area contributed by atoms with Gasteiger partial charge in [0.15, 0.2) is 0 Å². The summed E-state index contributed by atoms with van der Waals surface area (Å²) in [4.78, 5) is 5.30. The second kappa shape index (κ2) is 9.23. The van der Waals surface area contributed by atoms with Crippen molar-refractivity contribution in [1.82, 2.24) is 0 Å². The van der Waals surface area contributed by atoms with E-state index in [1.165, 1.54) is 18.2 Å². The third-order valence-corrected chi connectivity index (χ3v) is 5.62. The highest BCUT2D eigenvalue weighted by atomic mass is 35.5. The molecule has 0 aliphatic carbocycles. The Bertz CT molecular complexity index is 1010. The molecule has 11 heteroatoms. The number of hydrogen-bond donors (Lipinski definition) is 1. The molecule has 2 rings (SSSR count). The monoisotopic (exact) mass is 468 g/mol. The van der Waals surface area contributed by atoms with Crippen molar-refractivity contribution in [2.24, 2.45) is 5.16 Å². The van der Waals surface area contributed by atoms with Crippen LogP contribution in [0.5, 0.6) is 0 Å². The molecule has 0 saturated heterocycles. The van der Waals surface area contributed by atoms with Crippen LogP contribution in [0.4, 0.5) is 18.9 Å². The Hall–Kier alpha value is -1.97. The molecule has 158 valence electrons. The molecule has 0 aliphatic rings. The Kier molecular flexibility index (Phi) is 7.42. The third-order valence-electron chi connectivity index (χ3n) is 3.82. The van der Waals surface area contributed by atoms with E-state index in [1.54, 1.807) is 36.8 Å².